The van der Waals surface area contributed by atoms with Crippen LogP contribution < -0.4 is 5.73 Å². The van der Waals surface area contributed by atoms with E-state index in [4.69, 9.17) is 5.73 Å². The van der Waals surface area contributed by atoms with Gasteiger partial charge in [-0.2, -0.15) is 0 Å². The fraction of sp³-hybridized carbons (Fsp3) is 0.250. The molecule has 2 heterocycles. The van der Waals surface area contributed by atoms with Crippen molar-refractivity contribution in [3.63, 3.8) is 0 Å². The standard InChI is InChI=1S/C8H9N3S2/c1-5-7(13-4-10-5)8-11-6(2-9)3-12-8/h3-4H,2,9H2,1H3. The van der Waals surface area contributed by atoms with Gasteiger partial charge in [0.25, 0.3) is 0 Å². The predicted octanol–water partition coefficient (Wildman–Crippen LogP) is 2.03. The van der Waals surface area contributed by atoms with Crippen molar-refractivity contribution < 1.29 is 0 Å². The van der Waals surface area contributed by atoms with Crippen LogP contribution in [0, 0.1) is 6.92 Å². The molecule has 0 saturated heterocycles. The van der Waals surface area contributed by atoms with Gasteiger partial charge < -0.3 is 5.73 Å². The Bertz CT molecular complexity index is 405. The molecule has 0 spiro atoms. The van der Waals surface area contributed by atoms with E-state index in [1.807, 2.05) is 17.8 Å². The molecule has 3 nitrogen and oxygen atoms in total. The summed E-state index contributed by atoms with van der Waals surface area (Å²) in [6.07, 6.45) is 0. The Hall–Kier alpha value is -0.780. The second kappa shape index (κ2) is 3.53. The molecule has 5 heteroatoms. The third-order valence-corrected chi connectivity index (χ3v) is 3.67. The van der Waals surface area contributed by atoms with Crippen LogP contribution in [-0.2, 0) is 6.54 Å². The summed E-state index contributed by atoms with van der Waals surface area (Å²) >= 11 is 3.25. The van der Waals surface area contributed by atoms with Crippen LogP contribution in [0.15, 0.2) is 10.9 Å². The van der Waals surface area contributed by atoms with Crippen LogP contribution in [0.2, 0.25) is 0 Å². The lowest BCUT2D eigenvalue weighted by atomic mass is 10.4. The monoisotopic (exact) mass is 211 g/mol. The zero-order valence-electron chi connectivity index (χ0n) is 7.15. The van der Waals surface area contributed by atoms with Crippen molar-refractivity contribution in [2.24, 2.45) is 5.73 Å². The minimum Gasteiger partial charge on any atom is -0.325 e. The first-order valence-electron chi connectivity index (χ1n) is 3.86. The van der Waals surface area contributed by atoms with Crippen LogP contribution in [0.1, 0.15) is 11.4 Å². The summed E-state index contributed by atoms with van der Waals surface area (Å²) in [5.74, 6) is 0. The van der Waals surface area contributed by atoms with Crippen molar-refractivity contribution in [1.82, 2.24) is 9.97 Å². The SMILES string of the molecule is Cc1ncsc1-c1nc(CN)cs1. The summed E-state index contributed by atoms with van der Waals surface area (Å²) in [5.41, 5.74) is 9.32. The average molecular weight is 211 g/mol. The Morgan fingerprint density at radius 2 is 2.31 bits per heavy atom. The number of thiazole rings is 2. The van der Waals surface area contributed by atoms with Gasteiger partial charge in [-0.3, -0.25) is 0 Å². The quantitative estimate of drug-likeness (QED) is 0.827. The Morgan fingerprint density at radius 1 is 1.46 bits per heavy atom. The molecule has 2 rings (SSSR count). The summed E-state index contributed by atoms with van der Waals surface area (Å²) in [4.78, 5) is 9.74. The molecule has 0 atom stereocenters. The van der Waals surface area contributed by atoms with Crippen LogP contribution in [0.3, 0.4) is 0 Å². The second-order valence-electron chi connectivity index (χ2n) is 2.62. The normalized spacial score (nSPS) is 10.6. The third kappa shape index (κ3) is 1.63. The van der Waals surface area contributed by atoms with Crippen molar-refractivity contribution in [2.45, 2.75) is 13.5 Å². The number of rotatable bonds is 2. The Balaban J connectivity index is 2.41. The van der Waals surface area contributed by atoms with Gasteiger partial charge in [0.05, 0.1) is 21.8 Å². The van der Waals surface area contributed by atoms with E-state index < -0.39 is 0 Å². The molecule has 0 radical (unpaired) electrons. The molecular weight excluding hydrogens is 202 g/mol. The van der Waals surface area contributed by atoms with Gasteiger partial charge in [-0.25, -0.2) is 9.97 Å². The molecule has 0 saturated carbocycles. The molecule has 2 aromatic heterocycles. The third-order valence-electron chi connectivity index (χ3n) is 1.70. The number of aryl methyl sites for hydroxylation is 1. The van der Waals surface area contributed by atoms with Gasteiger partial charge in [-0.15, -0.1) is 22.7 Å². The summed E-state index contributed by atoms with van der Waals surface area (Å²) in [7, 11) is 0. The van der Waals surface area contributed by atoms with Crippen LogP contribution >= 0.6 is 22.7 Å². The van der Waals surface area contributed by atoms with Gasteiger partial charge in [-0.05, 0) is 6.92 Å². The maximum absolute atomic E-state index is 5.49. The molecule has 0 aromatic carbocycles. The summed E-state index contributed by atoms with van der Waals surface area (Å²) in [6, 6.07) is 0. The summed E-state index contributed by atoms with van der Waals surface area (Å²) < 4.78 is 0. The Morgan fingerprint density at radius 3 is 2.85 bits per heavy atom. The molecular formula is C8H9N3S2. The number of aromatic nitrogens is 2. The number of nitrogens with zero attached hydrogens (tertiary/aromatic N) is 2. The topological polar surface area (TPSA) is 51.8 Å². The summed E-state index contributed by atoms with van der Waals surface area (Å²) in [6.45, 7) is 2.50. The zero-order valence-corrected chi connectivity index (χ0v) is 8.78. The predicted molar refractivity (Wildman–Crippen MR) is 55.9 cm³/mol. The van der Waals surface area contributed by atoms with Crippen molar-refractivity contribution in [3.8, 4) is 9.88 Å². The maximum atomic E-state index is 5.49. The van der Waals surface area contributed by atoms with Gasteiger partial charge in [0, 0.05) is 11.9 Å². The Kier molecular flexibility index (Phi) is 2.39. The fourth-order valence-corrected chi connectivity index (χ4v) is 2.81. The second-order valence-corrected chi connectivity index (χ2v) is 4.33. The van der Waals surface area contributed by atoms with Crippen molar-refractivity contribution in [2.75, 3.05) is 0 Å². The lowest BCUT2D eigenvalue weighted by Gasteiger charge is -1.90. The van der Waals surface area contributed by atoms with E-state index in [0.717, 1.165) is 21.3 Å². The van der Waals surface area contributed by atoms with E-state index in [1.54, 1.807) is 22.7 Å². The molecule has 0 aliphatic heterocycles. The van der Waals surface area contributed by atoms with E-state index >= 15 is 0 Å². The fourth-order valence-electron chi connectivity index (χ4n) is 1.01. The van der Waals surface area contributed by atoms with E-state index in [1.165, 1.54) is 0 Å². The van der Waals surface area contributed by atoms with E-state index in [0.29, 0.717) is 6.54 Å². The van der Waals surface area contributed by atoms with E-state index in [9.17, 15) is 0 Å². The maximum Gasteiger partial charge on any atom is 0.135 e. The minimum absolute atomic E-state index is 0.508. The van der Waals surface area contributed by atoms with Crippen LogP contribution in [0.5, 0.6) is 0 Å². The molecule has 0 aliphatic carbocycles. The van der Waals surface area contributed by atoms with Crippen LogP contribution in [0.4, 0.5) is 0 Å². The van der Waals surface area contributed by atoms with E-state index in [2.05, 4.69) is 9.97 Å². The van der Waals surface area contributed by atoms with Crippen LogP contribution in [-0.4, -0.2) is 9.97 Å². The molecule has 0 aliphatic rings. The molecule has 2 aromatic rings. The smallest absolute Gasteiger partial charge is 0.135 e. The minimum atomic E-state index is 0.508. The highest BCUT2D eigenvalue weighted by molar-refractivity contribution is 7.20. The number of hydrogen-bond acceptors (Lipinski definition) is 5. The molecule has 2 N–H and O–H groups in total. The molecule has 0 unspecified atom stereocenters. The molecule has 68 valence electrons. The van der Waals surface area contributed by atoms with Gasteiger partial charge in [0.1, 0.15) is 5.01 Å². The highest BCUT2D eigenvalue weighted by Gasteiger charge is 2.08. The lowest BCUT2D eigenvalue weighted by molar-refractivity contribution is 1.01. The molecule has 0 bridgehead atoms. The lowest BCUT2D eigenvalue weighted by Crippen LogP contribution is -1.95. The van der Waals surface area contributed by atoms with Gasteiger partial charge in [-0.1, -0.05) is 0 Å². The summed E-state index contributed by atoms with van der Waals surface area (Å²) in [5, 5.41) is 3.02. The Labute approximate surface area is 84.3 Å². The van der Waals surface area contributed by atoms with Crippen LogP contribution in [0.25, 0.3) is 9.88 Å². The van der Waals surface area contributed by atoms with Gasteiger partial charge >= 0.3 is 0 Å². The first-order valence-corrected chi connectivity index (χ1v) is 5.62. The van der Waals surface area contributed by atoms with Gasteiger partial charge in [0.2, 0.25) is 0 Å². The molecule has 13 heavy (non-hydrogen) atoms. The van der Waals surface area contributed by atoms with Gasteiger partial charge in [0.15, 0.2) is 0 Å². The molecule has 0 amide bonds. The zero-order chi connectivity index (χ0) is 9.26. The largest absolute Gasteiger partial charge is 0.325 e. The molecule has 0 fully saturated rings. The number of nitrogens with two attached hydrogens (primary N) is 1. The first kappa shape index (κ1) is 8.80. The number of hydrogen-bond donors (Lipinski definition) is 1. The average Bonchev–Trinajstić information content (AvgIpc) is 2.71. The van der Waals surface area contributed by atoms with E-state index in [-0.39, 0.29) is 0 Å². The highest BCUT2D eigenvalue weighted by atomic mass is 32.1. The van der Waals surface area contributed by atoms with Crippen molar-refractivity contribution in [3.05, 3.63) is 22.3 Å². The first-order chi connectivity index (χ1) is 6.31. The van der Waals surface area contributed by atoms with Crippen molar-refractivity contribution in [1.29, 1.82) is 0 Å². The van der Waals surface area contributed by atoms with Crippen molar-refractivity contribution >= 4 is 22.7 Å². The highest BCUT2D eigenvalue weighted by Crippen LogP contribution is 2.29.